The van der Waals surface area contributed by atoms with Crippen LogP contribution in [0.4, 0.5) is 0 Å². The van der Waals surface area contributed by atoms with Gasteiger partial charge in [-0.1, -0.05) is 41.9 Å². The highest BCUT2D eigenvalue weighted by molar-refractivity contribution is 14.1. The monoisotopic (exact) mass is 296 g/mol. The second-order valence-electron chi connectivity index (χ2n) is 2.72. The third-order valence-electron chi connectivity index (χ3n) is 1.52. The van der Waals surface area contributed by atoms with Crippen LogP contribution in [0, 0.1) is 12.3 Å². The average Bonchev–Trinajstić information content (AvgIpc) is 2.17. The number of ether oxygens (including phenoxy) is 2. The molecule has 76 valence electrons. The van der Waals surface area contributed by atoms with Crippen LogP contribution >= 0.6 is 22.6 Å². The van der Waals surface area contributed by atoms with Gasteiger partial charge in [0.25, 0.3) is 0 Å². The summed E-state index contributed by atoms with van der Waals surface area (Å²) < 4.78 is 11.7. The number of terminal acetylenes is 1. The Labute approximate surface area is 94.5 Å². The van der Waals surface area contributed by atoms with Crippen LogP contribution in [-0.4, -0.2) is 30.4 Å². The van der Waals surface area contributed by atoms with Gasteiger partial charge in [0.05, 0.1) is 12.7 Å². The summed E-state index contributed by atoms with van der Waals surface area (Å²) in [5.74, 6) is 2.45. The molecule has 0 bridgehead atoms. The van der Waals surface area contributed by atoms with Gasteiger partial charge in [-0.3, -0.25) is 0 Å². The molecule has 0 aromatic carbocycles. The van der Waals surface area contributed by atoms with Crippen LogP contribution in [0.25, 0.3) is 0 Å². The highest BCUT2D eigenvalue weighted by atomic mass is 127. The van der Waals surface area contributed by atoms with Gasteiger partial charge in [-0.15, -0.1) is 6.42 Å². The van der Waals surface area contributed by atoms with E-state index in [1.54, 1.807) is 0 Å². The average molecular weight is 296 g/mol. The molecule has 3 heteroatoms. The third-order valence-corrected chi connectivity index (χ3v) is 2.50. The summed E-state index contributed by atoms with van der Waals surface area (Å²) in [6, 6.07) is 0. The van der Waals surface area contributed by atoms with Crippen LogP contribution in [0.2, 0.25) is 0 Å². The maximum atomic E-state index is 5.43. The lowest BCUT2D eigenvalue weighted by molar-refractivity contribution is 0.00964. The fourth-order valence-electron chi connectivity index (χ4n) is 0.764. The van der Waals surface area contributed by atoms with E-state index in [1.807, 2.05) is 0 Å². The normalized spacial score (nSPS) is 12.4. The largest absolute Gasteiger partial charge is 0.379 e. The van der Waals surface area contributed by atoms with E-state index in [4.69, 9.17) is 15.9 Å². The van der Waals surface area contributed by atoms with Crippen molar-refractivity contribution in [1.29, 1.82) is 0 Å². The van der Waals surface area contributed by atoms with Gasteiger partial charge in [-0.2, -0.15) is 0 Å². The molecule has 0 saturated carbocycles. The van der Waals surface area contributed by atoms with E-state index < -0.39 is 0 Å². The Kier molecular flexibility index (Phi) is 10.5. The Hall–Kier alpha value is 0.210. The van der Waals surface area contributed by atoms with Crippen LogP contribution in [0.5, 0.6) is 0 Å². The maximum Gasteiger partial charge on any atom is 0.107 e. The Morgan fingerprint density at radius 1 is 1.54 bits per heavy atom. The molecule has 0 saturated heterocycles. The van der Waals surface area contributed by atoms with E-state index >= 15 is 0 Å². The SMILES string of the molecule is C#CCOC(CI)COCCCC. The van der Waals surface area contributed by atoms with Crippen LogP contribution in [0.15, 0.2) is 0 Å². The summed E-state index contributed by atoms with van der Waals surface area (Å²) in [7, 11) is 0. The minimum atomic E-state index is 0.147. The predicted octanol–water partition coefficient (Wildman–Crippen LogP) is 2.26. The molecule has 0 N–H and O–H groups in total. The van der Waals surface area contributed by atoms with E-state index in [2.05, 4.69) is 35.4 Å². The van der Waals surface area contributed by atoms with Crippen molar-refractivity contribution in [3.8, 4) is 12.3 Å². The highest BCUT2D eigenvalue weighted by Gasteiger charge is 2.05. The summed E-state index contributed by atoms with van der Waals surface area (Å²) in [5, 5.41) is 0. The number of rotatable bonds is 8. The first kappa shape index (κ1) is 13.2. The van der Waals surface area contributed by atoms with Gasteiger partial charge in [0.15, 0.2) is 0 Å². The molecule has 0 fully saturated rings. The van der Waals surface area contributed by atoms with Crippen molar-refractivity contribution in [3.63, 3.8) is 0 Å². The highest BCUT2D eigenvalue weighted by Crippen LogP contribution is 1.99. The smallest absolute Gasteiger partial charge is 0.107 e. The van der Waals surface area contributed by atoms with Crippen molar-refractivity contribution < 1.29 is 9.47 Å². The van der Waals surface area contributed by atoms with Crippen molar-refractivity contribution in [3.05, 3.63) is 0 Å². The Balaban J connectivity index is 3.32. The standard InChI is InChI=1S/C10H17IO2/c1-3-5-7-12-9-10(8-11)13-6-4-2/h2,10H,3,5-9H2,1H3. The van der Waals surface area contributed by atoms with E-state index in [0.717, 1.165) is 17.5 Å². The number of hydrogen-bond acceptors (Lipinski definition) is 2. The lowest BCUT2D eigenvalue weighted by Crippen LogP contribution is -2.22. The zero-order valence-corrected chi connectivity index (χ0v) is 10.2. The second kappa shape index (κ2) is 10.3. The van der Waals surface area contributed by atoms with Gasteiger partial charge in [0.1, 0.15) is 6.61 Å². The molecule has 0 aliphatic carbocycles. The first-order chi connectivity index (χ1) is 6.35. The molecule has 13 heavy (non-hydrogen) atoms. The Morgan fingerprint density at radius 3 is 2.85 bits per heavy atom. The lowest BCUT2D eigenvalue weighted by atomic mass is 10.3. The Morgan fingerprint density at radius 2 is 2.31 bits per heavy atom. The molecule has 1 atom stereocenters. The predicted molar refractivity (Wildman–Crippen MR) is 63.2 cm³/mol. The summed E-state index contributed by atoms with van der Waals surface area (Å²) in [6.45, 7) is 4.01. The Bertz CT molecular complexity index is 142. The molecular weight excluding hydrogens is 279 g/mol. The summed E-state index contributed by atoms with van der Waals surface area (Å²) in [6.07, 6.45) is 7.52. The van der Waals surface area contributed by atoms with E-state index in [9.17, 15) is 0 Å². The summed E-state index contributed by atoms with van der Waals surface area (Å²) in [4.78, 5) is 0. The molecule has 0 rings (SSSR count). The van der Waals surface area contributed by atoms with Crippen molar-refractivity contribution >= 4 is 22.6 Å². The fraction of sp³-hybridized carbons (Fsp3) is 0.800. The van der Waals surface area contributed by atoms with E-state index in [1.165, 1.54) is 6.42 Å². The molecule has 0 radical (unpaired) electrons. The van der Waals surface area contributed by atoms with Gasteiger partial charge in [0.2, 0.25) is 0 Å². The maximum absolute atomic E-state index is 5.43. The molecule has 1 unspecified atom stereocenters. The molecule has 0 heterocycles. The minimum Gasteiger partial charge on any atom is -0.379 e. The van der Waals surface area contributed by atoms with Crippen molar-refractivity contribution in [2.45, 2.75) is 25.9 Å². The van der Waals surface area contributed by atoms with Gasteiger partial charge < -0.3 is 9.47 Å². The molecule has 0 aliphatic rings. The topological polar surface area (TPSA) is 18.5 Å². The van der Waals surface area contributed by atoms with E-state index in [-0.39, 0.29) is 6.10 Å². The van der Waals surface area contributed by atoms with Crippen LogP contribution in [0.1, 0.15) is 19.8 Å². The molecule has 0 aliphatic heterocycles. The number of halogens is 1. The first-order valence-electron chi connectivity index (χ1n) is 4.53. The molecule has 0 aromatic rings. The van der Waals surface area contributed by atoms with Crippen molar-refractivity contribution in [2.75, 3.05) is 24.2 Å². The molecule has 0 spiro atoms. The third kappa shape index (κ3) is 8.54. The molecule has 0 aromatic heterocycles. The quantitative estimate of drug-likeness (QED) is 0.296. The lowest BCUT2D eigenvalue weighted by Gasteiger charge is -2.13. The number of hydrogen-bond donors (Lipinski definition) is 0. The van der Waals surface area contributed by atoms with Crippen LogP contribution in [-0.2, 0) is 9.47 Å². The van der Waals surface area contributed by atoms with Gasteiger partial charge >= 0.3 is 0 Å². The van der Waals surface area contributed by atoms with Crippen molar-refractivity contribution in [2.24, 2.45) is 0 Å². The van der Waals surface area contributed by atoms with Gasteiger partial charge in [-0.25, -0.2) is 0 Å². The summed E-state index contributed by atoms with van der Waals surface area (Å²) in [5.41, 5.74) is 0. The van der Waals surface area contributed by atoms with Crippen molar-refractivity contribution in [1.82, 2.24) is 0 Å². The fourth-order valence-corrected chi connectivity index (χ4v) is 1.27. The minimum absolute atomic E-state index is 0.147. The number of unbranched alkanes of at least 4 members (excludes halogenated alkanes) is 1. The zero-order valence-electron chi connectivity index (χ0n) is 8.09. The molecule has 2 nitrogen and oxygen atoms in total. The van der Waals surface area contributed by atoms with Crippen LogP contribution in [0.3, 0.4) is 0 Å². The molecular formula is C10H17IO2. The zero-order chi connectivity index (χ0) is 9.94. The first-order valence-corrected chi connectivity index (χ1v) is 6.06. The van der Waals surface area contributed by atoms with Gasteiger partial charge in [-0.05, 0) is 6.42 Å². The number of alkyl halides is 1. The molecule has 0 amide bonds. The second-order valence-corrected chi connectivity index (χ2v) is 3.60. The van der Waals surface area contributed by atoms with Crippen LogP contribution < -0.4 is 0 Å². The summed E-state index contributed by atoms with van der Waals surface area (Å²) >= 11 is 2.28. The van der Waals surface area contributed by atoms with E-state index in [0.29, 0.717) is 13.2 Å². The van der Waals surface area contributed by atoms with Gasteiger partial charge in [0, 0.05) is 11.0 Å².